The van der Waals surface area contributed by atoms with Crippen molar-refractivity contribution < 1.29 is 9.21 Å². The SMILES string of the molecule is CC(CN(C)C(=O)c1cc2ccccc2o1)c1nn[nH]n1. The number of carbonyl (C=O) groups is 1. The average Bonchev–Trinajstić information content (AvgIpc) is 3.15. The zero-order chi connectivity index (χ0) is 14.8. The Kier molecular flexibility index (Phi) is 3.39. The number of likely N-dealkylation sites (N-methyl/N-ethyl adjacent to an activating group) is 1. The molecule has 0 aliphatic heterocycles. The minimum Gasteiger partial charge on any atom is -0.451 e. The highest BCUT2D eigenvalue weighted by Crippen LogP contribution is 2.20. The number of rotatable bonds is 4. The van der Waals surface area contributed by atoms with Crippen LogP contribution >= 0.6 is 0 Å². The van der Waals surface area contributed by atoms with Crippen LogP contribution in [0.1, 0.15) is 29.2 Å². The Balaban J connectivity index is 1.74. The molecule has 1 N–H and O–H groups in total. The lowest BCUT2D eigenvalue weighted by Gasteiger charge is -2.18. The van der Waals surface area contributed by atoms with Crippen LogP contribution in [-0.4, -0.2) is 45.0 Å². The van der Waals surface area contributed by atoms with Crippen LogP contribution in [0.25, 0.3) is 11.0 Å². The van der Waals surface area contributed by atoms with E-state index < -0.39 is 0 Å². The number of hydrogen-bond donors (Lipinski definition) is 1. The molecule has 7 nitrogen and oxygen atoms in total. The van der Waals surface area contributed by atoms with E-state index in [1.807, 2.05) is 31.2 Å². The molecule has 1 atom stereocenters. The Morgan fingerprint density at radius 2 is 2.24 bits per heavy atom. The molecule has 7 heteroatoms. The van der Waals surface area contributed by atoms with Gasteiger partial charge in [-0.1, -0.05) is 30.3 Å². The summed E-state index contributed by atoms with van der Waals surface area (Å²) in [6.45, 7) is 2.42. The van der Waals surface area contributed by atoms with Gasteiger partial charge in [-0.05, 0) is 12.1 Å². The maximum atomic E-state index is 12.4. The molecule has 3 rings (SSSR count). The summed E-state index contributed by atoms with van der Waals surface area (Å²) in [4.78, 5) is 14.0. The van der Waals surface area contributed by atoms with Gasteiger partial charge in [-0.2, -0.15) is 5.21 Å². The van der Waals surface area contributed by atoms with Gasteiger partial charge < -0.3 is 9.32 Å². The van der Waals surface area contributed by atoms with Crippen LogP contribution in [0.5, 0.6) is 0 Å². The molecule has 0 spiro atoms. The highest BCUT2D eigenvalue weighted by molar-refractivity contribution is 5.95. The predicted octanol–water partition coefficient (Wildman–Crippen LogP) is 1.82. The molecule has 0 radical (unpaired) electrons. The van der Waals surface area contributed by atoms with Crippen molar-refractivity contribution in [1.29, 1.82) is 0 Å². The maximum Gasteiger partial charge on any atom is 0.289 e. The zero-order valence-corrected chi connectivity index (χ0v) is 11.8. The van der Waals surface area contributed by atoms with Gasteiger partial charge in [-0.25, -0.2) is 0 Å². The number of tetrazole rings is 1. The molecule has 0 fully saturated rings. The second kappa shape index (κ2) is 5.35. The van der Waals surface area contributed by atoms with E-state index in [1.54, 1.807) is 18.0 Å². The molecule has 2 aromatic heterocycles. The normalized spacial score (nSPS) is 12.5. The number of aromatic amines is 1. The molecule has 1 amide bonds. The summed E-state index contributed by atoms with van der Waals surface area (Å²) in [5.74, 6) is 0.738. The van der Waals surface area contributed by atoms with Gasteiger partial charge in [0.2, 0.25) is 0 Å². The van der Waals surface area contributed by atoms with Gasteiger partial charge in [0.1, 0.15) is 5.58 Å². The third kappa shape index (κ3) is 2.62. The molecule has 21 heavy (non-hydrogen) atoms. The largest absolute Gasteiger partial charge is 0.451 e. The van der Waals surface area contributed by atoms with Crippen LogP contribution in [0.4, 0.5) is 0 Å². The fourth-order valence-electron chi connectivity index (χ4n) is 2.23. The van der Waals surface area contributed by atoms with Gasteiger partial charge in [-0.15, -0.1) is 10.2 Å². The Bertz CT molecular complexity index is 717. The fourth-order valence-corrected chi connectivity index (χ4v) is 2.23. The molecule has 1 unspecified atom stereocenters. The minimum absolute atomic E-state index is 0.0120. The average molecular weight is 285 g/mol. The number of para-hydroxylation sites is 1. The van der Waals surface area contributed by atoms with Gasteiger partial charge in [0.15, 0.2) is 11.6 Å². The molecule has 1 aromatic carbocycles. The standard InChI is InChI=1S/C14H15N5O2/c1-9(13-15-17-18-16-13)8-19(2)14(20)12-7-10-5-3-4-6-11(10)21-12/h3-7,9H,8H2,1-2H3,(H,15,16,17,18). The molecule has 2 heterocycles. The lowest BCUT2D eigenvalue weighted by molar-refractivity contribution is 0.0758. The van der Waals surface area contributed by atoms with Crippen molar-refractivity contribution in [1.82, 2.24) is 25.5 Å². The van der Waals surface area contributed by atoms with E-state index in [9.17, 15) is 4.79 Å². The van der Waals surface area contributed by atoms with Gasteiger partial charge >= 0.3 is 0 Å². The quantitative estimate of drug-likeness (QED) is 0.790. The van der Waals surface area contributed by atoms with Gasteiger partial charge in [0.05, 0.1) is 0 Å². The van der Waals surface area contributed by atoms with E-state index in [0.29, 0.717) is 23.7 Å². The lowest BCUT2D eigenvalue weighted by Crippen LogP contribution is -2.30. The number of nitrogens with zero attached hydrogens (tertiary/aromatic N) is 4. The number of nitrogens with one attached hydrogen (secondary N) is 1. The first kappa shape index (κ1) is 13.3. The Morgan fingerprint density at radius 3 is 2.95 bits per heavy atom. The molecule has 0 bridgehead atoms. The number of furan rings is 1. The lowest BCUT2D eigenvalue weighted by atomic mass is 10.1. The highest BCUT2D eigenvalue weighted by Gasteiger charge is 2.20. The third-order valence-corrected chi connectivity index (χ3v) is 3.33. The van der Waals surface area contributed by atoms with Gasteiger partial charge in [0, 0.05) is 24.9 Å². The van der Waals surface area contributed by atoms with Crippen molar-refractivity contribution in [3.8, 4) is 0 Å². The van der Waals surface area contributed by atoms with E-state index >= 15 is 0 Å². The highest BCUT2D eigenvalue weighted by atomic mass is 16.3. The first-order valence-corrected chi connectivity index (χ1v) is 6.62. The van der Waals surface area contributed by atoms with Crippen molar-refractivity contribution in [2.75, 3.05) is 13.6 Å². The number of H-pyrrole nitrogens is 1. The van der Waals surface area contributed by atoms with Crippen LogP contribution < -0.4 is 0 Å². The van der Waals surface area contributed by atoms with Crippen LogP contribution in [0.3, 0.4) is 0 Å². The Morgan fingerprint density at radius 1 is 1.43 bits per heavy atom. The van der Waals surface area contributed by atoms with E-state index in [4.69, 9.17) is 4.42 Å². The number of amides is 1. The number of benzene rings is 1. The van der Waals surface area contributed by atoms with Crippen molar-refractivity contribution in [2.45, 2.75) is 12.8 Å². The summed E-state index contributed by atoms with van der Waals surface area (Å²) >= 11 is 0. The van der Waals surface area contributed by atoms with Crippen LogP contribution in [0, 0.1) is 0 Å². The van der Waals surface area contributed by atoms with E-state index in [0.717, 1.165) is 5.39 Å². The molecule has 0 aliphatic carbocycles. The van der Waals surface area contributed by atoms with E-state index in [2.05, 4.69) is 20.6 Å². The predicted molar refractivity (Wildman–Crippen MR) is 75.8 cm³/mol. The fraction of sp³-hybridized carbons (Fsp3) is 0.286. The molecule has 108 valence electrons. The number of fused-ring (bicyclic) bond motifs is 1. The van der Waals surface area contributed by atoms with E-state index in [-0.39, 0.29) is 11.8 Å². The minimum atomic E-state index is -0.165. The molecule has 0 aliphatic rings. The second-order valence-corrected chi connectivity index (χ2v) is 5.01. The molecule has 3 aromatic rings. The van der Waals surface area contributed by atoms with Crippen molar-refractivity contribution in [3.05, 3.63) is 41.9 Å². The molecular weight excluding hydrogens is 270 g/mol. The number of carbonyl (C=O) groups excluding carboxylic acids is 1. The van der Waals surface area contributed by atoms with Crippen LogP contribution in [0.2, 0.25) is 0 Å². The Hall–Kier alpha value is -2.70. The number of aromatic nitrogens is 4. The van der Waals surface area contributed by atoms with Gasteiger partial charge in [0.25, 0.3) is 5.91 Å². The number of hydrogen-bond acceptors (Lipinski definition) is 5. The van der Waals surface area contributed by atoms with Crippen molar-refractivity contribution >= 4 is 16.9 Å². The third-order valence-electron chi connectivity index (χ3n) is 3.33. The summed E-state index contributed by atoms with van der Waals surface area (Å²) in [5, 5.41) is 14.7. The summed E-state index contributed by atoms with van der Waals surface area (Å²) in [7, 11) is 1.73. The van der Waals surface area contributed by atoms with Crippen LogP contribution in [0.15, 0.2) is 34.7 Å². The first-order chi connectivity index (χ1) is 10.1. The smallest absolute Gasteiger partial charge is 0.289 e. The van der Waals surface area contributed by atoms with E-state index in [1.165, 1.54) is 0 Å². The summed E-state index contributed by atoms with van der Waals surface area (Å²) in [5.41, 5.74) is 0.709. The topological polar surface area (TPSA) is 87.9 Å². The summed E-state index contributed by atoms with van der Waals surface area (Å²) in [6.07, 6.45) is 0. The molecule has 0 saturated heterocycles. The zero-order valence-electron chi connectivity index (χ0n) is 11.8. The maximum absolute atomic E-state index is 12.4. The molecular formula is C14H15N5O2. The summed E-state index contributed by atoms with van der Waals surface area (Å²) < 4.78 is 5.58. The van der Waals surface area contributed by atoms with Crippen molar-refractivity contribution in [3.63, 3.8) is 0 Å². The molecule has 0 saturated carbocycles. The van der Waals surface area contributed by atoms with Gasteiger partial charge in [-0.3, -0.25) is 4.79 Å². The summed E-state index contributed by atoms with van der Waals surface area (Å²) in [6, 6.07) is 9.30. The second-order valence-electron chi connectivity index (χ2n) is 5.01. The monoisotopic (exact) mass is 285 g/mol. The van der Waals surface area contributed by atoms with Crippen LogP contribution in [-0.2, 0) is 0 Å². The van der Waals surface area contributed by atoms with Crippen molar-refractivity contribution in [2.24, 2.45) is 0 Å². The Labute approximate surface area is 120 Å². The first-order valence-electron chi connectivity index (χ1n) is 6.62.